The number of ether oxygens (including phenoxy) is 1. The van der Waals surface area contributed by atoms with Crippen molar-refractivity contribution in [3.8, 4) is 5.75 Å². The van der Waals surface area contributed by atoms with Gasteiger partial charge in [-0.15, -0.1) is 0 Å². The maximum absolute atomic E-state index is 14.9. The van der Waals surface area contributed by atoms with Gasteiger partial charge >= 0.3 is 5.69 Å². The summed E-state index contributed by atoms with van der Waals surface area (Å²) in [6.07, 6.45) is 1.91. The summed E-state index contributed by atoms with van der Waals surface area (Å²) in [7, 11) is 3.39. The fraction of sp³-hybridized carbons (Fsp3) is 0.647. The van der Waals surface area contributed by atoms with Crippen LogP contribution in [0.1, 0.15) is 12.8 Å². The minimum Gasteiger partial charge on any atom is -0.488 e. The lowest BCUT2D eigenvalue weighted by atomic mass is 10.0. The number of halogens is 2. The maximum atomic E-state index is 14.9. The second kappa shape index (κ2) is 8.06. The standard InChI is InChI=1S/C17H24BrFN4O3/c1-20-7-9-21(10-8-20)12-3-5-22(6-4-12)16-13(18)11-14(23(24)25)17(26-2)15(16)19/h11-12H,3-10H2,1-2H3. The van der Waals surface area contributed by atoms with Gasteiger partial charge in [0.15, 0.2) is 5.82 Å². The first kappa shape index (κ1) is 19.3. The second-order valence-electron chi connectivity index (χ2n) is 6.89. The highest BCUT2D eigenvalue weighted by molar-refractivity contribution is 9.10. The molecule has 1 aromatic rings. The summed E-state index contributed by atoms with van der Waals surface area (Å²) in [5, 5.41) is 11.1. The first-order chi connectivity index (χ1) is 12.4. The van der Waals surface area contributed by atoms with Crippen molar-refractivity contribution in [3.05, 3.63) is 26.5 Å². The Morgan fingerprint density at radius 2 is 1.85 bits per heavy atom. The number of methoxy groups -OCH3 is 1. The average Bonchev–Trinajstić information content (AvgIpc) is 2.62. The molecule has 0 radical (unpaired) electrons. The summed E-state index contributed by atoms with van der Waals surface area (Å²) in [5.41, 5.74) is -0.0165. The number of anilines is 1. The number of nitro benzene ring substituents is 1. The van der Waals surface area contributed by atoms with E-state index in [-0.39, 0.29) is 11.4 Å². The van der Waals surface area contributed by atoms with Crippen LogP contribution in [0.4, 0.5) is 15.8 Å². The number of benzene rings is 1. The number of hydrogen-bond acceptors (Lipinski definition) is 6. The molecule has 2 saturated heterocycles. The van der Waals surface area contributed by atoms with Crippen LogP contribution in [0.25, 0.3) is 0 Å². The van der Waals surface area contributed by atoms with Crippen molar-refractivity contribution in [1.29, 1.82) is 0 Å². The molecule has 2 heterocycles. The van der Waals surface area contributed by atoms with Crippen LogP contribution in [0.15, 0.2) is 10.5 Å². The van der Waals surface area contributed by atoms with Crippen LogP contribution in [-0.4, -0.2) is 74.2 Å². The second-order valence-corrected chi connectivity index (χ2v) is 7.74. The molecule has 3 rings (SSSR count). The predicted octanol–water partition coefficient (Wildman–Crippen LogP) is 2.72. The van der Waals surface area contributed by atoms with Gasteiger partial charge in [0, 0.05) is 51.4 Å². The molecule has 0 bridgehead atoms. The molecule has 2 fully saturated rings. The van der Waals surface area contributed by atoms with Gasteiger partial charge in [0.05, 0.1) is 22.2 Å². The van der Waals surface area contributed by atoms with E-state index in [1.165, 1.54) is 13.2 Å². The summed E-state index contributed by atoms with van der Waals surface area (Å²) in [6.45, 7) is 5.75. The quantitative estimate of drug-likeness (QED) is 0.540. The first-order valence-electron chi connectivity index (χ1n) is 8.80. The third-order valence-electron chi connectivity index (χ3n) is 5.37. The summed E-state index contributed by atoms with van der Waals surface area (Å²) in [4.78, 5) is 17.3. The zero-order chi connectivity index (χ0) is 18.8. The third-order valence-corrected chi connectivity index (χ3v) is 5.97. The van der Waals surface area contributed by atoms with Gasteiger partial charge < -0.3 is 14.5 Å². The molecule has 7 nitrogen and oxygen atoms in total. The van der Waals surface area contributed by atoms with E-state index in [9.17, 15) is 14.5 Å². The number of nitro groups is 1. The van der Waals surface area contributed by atoms with Crippen molar-refractivity contribution in [2.24, 2.45) is 0 Å². The molecule has 0 N–H and O–H groups in total. The molecule has 0 atom stereocenters. The van der Waals surface area contributed by atoms with Gasteiger partial charge in [0.2, 0.25) is 5.75 Å². The largest absolute Gasteiger partial charge is 0.488 e. The molecule has 2 aliphatic rings. The summed E-state index contributed by atoms with van der Waals surface area (Å²) in [6, 6.07) is 1.84. The van der Waals surface area contributed by atoms with Gasteiger partial charge in [0.1, 0.15) is 0 Å². The summed E-state index contributed by atoms with van der Waals surface area (Å²) in [5.74, 6) is -0.985. The Kier molecular flexibility index (Phi) is 5.99. The molecule has 0 amide bonds. The number of hydrogen-bond donors (Lipinski definition) is 0. The predicted molar refractivity (Wildman–Crippen MR) is 102 cm³/mol. The van der Waals surface area contributed by atoms with Crippen molar-refractivity contribution in [1.82, 2.24) is 9.80 Å². The van der Waals surface area contributed by atoms with Crippen LogP contribution < -0.4 is 9.64 Å². The van der Waals surface area contributed by atoms with E-state index in [4.69, 9.17) is 4.74 Å². The van der Waals surface area contributed by atoms with Gasteiger partial charge in [-0.2, -0.15) is 0 Å². The van der Waals surface area contributed by atoms with Crippen LogP contribution >= 0.6 is 15.9 Å². The fourth-order valence-electron chi connectivity index (χ4n) is 3.84. The topological polar surface area (TPSA) is 62.1 Å². The van der Waals surface area contributed by atoms with Gasteiger partial charge in [0.25, 0.3) is 0 Å². The van der Waals surface area contributed by atoms with Crippen LogP contribution in [0, 0.1) is 15.9 Å². The van der Waals surface area contributed by atoms with Gasteiger partial charge in [-0.1, -0.05) is 0 Å². The molecule has 1 aromatic carbocycles. The smallest absolute Gasteiger partial charge is 0.315 e. The molecule has 0 aromatic heterocycles. The lowest BCUT2D eigenvalue weighted by Crippen LogP contribution is -2.52. The molecule has 144 valence electrons. The number of nitrogens with zero attached hydrogens (tertiary/aromatic N) is 4. The Labute approximate surface area is 161 Å². The molecule has 0 spiro atoms. The Morgan fingerprint density at radius 1 is 1.23 bits per heavy atom. The molecule has 9 heteroatoms. The minimum atomic E-state index is -0.674. The van der Waals surface area contributed by atoms with E-state index in [0.717, 1.165) is 39.0 Å². The van der Waals surface area contributed by atoms with Crippen molar-refractivity contribution in [2.45, 2.75) is 18.9 Å². The molecule has 0 saturated carbocycles. The van der Waals surface area contributed by atoms with E-state index in [2.05, 4.69) is 32.8 Å². The highest BCUT2D eigenvalue weighted by Crippen LogP contribution is 2.42. The van der Waals surface area contributed by atoms with E-state index >= 15 is 0 Å². The number of piperazine rings is 1. The van der Waals surface area contributed by atoms with Crippen molar-refractivity contribution < 1.29 is 14.1 Å². The SMILES string of the molecule is COc1c([N+](=O)[O-])cc(Br)c(N2CCC(N3CCN(C)CC3)CC2)c1F. The lowest BCUT2D eigenvalue weighted by molar-refractivity contribution is -0.386. The first-order valence-corrected chi connectivity index (χ1v) is 9.59. The molecule has 0 unspecified atom stereocenters. The van der Waals surface area contributed by atoms with Crippen LogP contribution in [0.2, 0.25) is 0 Å². The van der Waals surface area contributed by atoms with Crippen molar-refractivity contribution in [2.75, 3.05) is 58.3 Å². The molecule has 26 heavy (non-hydrogen) atoms. The zero-order valence-corrected chi connectivity index (χ0v) is 16.7. The zero-order valence-electron chi connectivity index (χ0n) is 15.1. The van der Waals surface area contributed by atoms with E-state index < -0.39 is 10.7 Å². The van der Waals surface area contributed by atoms with Crippen molar-refractivity contribution >= 4 is 27.3 Å². The molecule has 0 aliphatic carbocycles. The van der Waals surface area contributed by atoms with Gasteiger partial charge in [-0.3, -0.25) is 15.0 Å². The Bertz CT molecular complexity index is 674. The summed E-state index contributed by atoms with van der Waals surface area (Å²) < 4.78 is 20.3. The minimum absolute atomic E-state index is 0.311. The van der Waals surface area contributed by atoms with Gasteiger partial charge in [-0.05, 0) is 35.8 Å². The van der Waals surface area contributed by atoms with Gasteiger partial charge in [-0.25, -0.2) is 4.39 Å². The molecule has 2 aliphatic heterocycles. The normalized spacial score (nSPS) is 20.4. The number of likely N-dealkylation sites (N-methyl/N-ethyl adjacent to an activating group) is 1. The van der Waals surface area contributed by atoms with Crippen LogP contribution in [-0.2, 0) is 0 Å². The monoisotopic (exact) mass is 430 g/mol. The van der Waals surface area contributed by atoms with Crippen LogP contribution in [0.5, 0.6) is 5.75 Å². The maximum Gasteiger partial charge on any atom is 0.315 e. The Balaban J connectivity index is 1.74. The van der Waals surface area contributed by atoms with E-state index in [0.29, 0.717) is 29.3 Å². The number of rotatable bonds is 4. The average molecular weight is 431 g/mol. The Morgan fingerprint density at radius 3 is 2.38 bits per heavy atom. The highest BCUT2D eigenvalue weighted by atomic mass is 79.9. The molecular weight excluding hydrogens is 407 g/mol. The summed E-state index contributed by atoms with van der Waals surface area (Å²) >= 11 is 3.31. The molecular formula is C17H24BrFN4O3. The fourth-order valence-corrected chi connectivity index (χ4v) is 4.48. The van der Waals surface area contributed by atoms with Crippen LogP contribution in [0.3, 0.4) is 0 Å². The van der Waals surface area contributed by atoms with E-state index in [1.54, 1.807) is 0 Å². The van der Waals surface area contributed by atoms with Crippen molar-refractivity contribution in [3.63, 3.8) is 0 Å². The Hall–Kier alpha value is -1.45. The highest BCUT2D eigenvalue weighted by Gasteiger charge is 2.32. The lowest BCUT2D eigenvalue weighted by Gasteiger charge is -2.42. The third kappa shape index (κ3) is 3.79. The number of piperidine rings is 1. The van der Waals surface area contributed by atoms with E-state index in [1.807, 2.05) is 4.90 Å².